The van der Waals surface area contributed by atoms with Crippen molar-refractivity contribution in [3.63, 3.8) is 0 Å². The van der Waals surface area contributed by atoms with Gasteiger partial charge in [-0.3, -0.25) is 9.59 Å². The van der Waals surface area contributed by atoms with E-state index < -0.39 is 5.82 Å². The molecule has 1 fully saturated rings. The third-order valence-corrected chi connectivity index (χ3v) is 4.03. The van der Waals surface area contributed by atoms with Crippen LogP contribution in [0.25, 0.3) is 0 Å². The molecule has 0 spiro atoms. The first-order valence-electron chi connectivity index (χ1n) is 7.49. The van der Waals surface area contributed by atoms with Gasteiger partial charge in [0.2, 0.25) is 5.91 Å². The second-order valence-corrected chi connectivity index (χ2v) is 5.67. The molecule has 0 radical (unpaired) electrons. The normalized spacial score (nSPS) is 19.1. The fourth-order valence-electron chi connectivity index (χ4n) is 2.71. The maximum Gasteiger partial charge on any atom is 0.254 e. The van der Waals surface area contributed by atoms with Crippen LogP contribution in [0.4, 0.5) is 4.39 Å². The molecule has 0 aromatic heterocycles. The van der Waals surface area contributed by atoms with Crippen molar-refractivity contribution in [2.45, 2.75) is 0 Å². The third kappa shape index (κ3) is 3.98. The van der Waals surface area contributed by atoms with Crippen molar-refractivity contribution in [2.24, 2.45) is 5.92 Å². The number of carbonyl (C=O) groups is 2. The number of nitrogens with one attached hydrogen (secondary N) is 1. The van der Waals surface area contributed by atoms with E-state index in [1.165, 1.54) is 25.3 Å². The van der Waals surface area contributed by atoms with Crippen molar-refractivity contribution in [3.05, 3.63) is 29.6 Å². The van der Waals surface area contributed by atoms with Gasteiger partial charge in [0.05, 0.1) is 13.0 Å². The Labute approximate surface area is 135 Å². The summed E-state index contributed by atoms with van der Waals surface area (Å²) in [5, 5.41) is 2.63. The number of hydrogen-bond acceptors (Lipinski definition) is 4. The van der Waals surface area contributed by atoms with E-state index in [0.717, 1.165) is 0 Å². The lowest BCUT2D eigenvalue weighted by molar-refractivity contribution is -0.125. The molecule has 2 amide bonds. The van der Waals surface area contributed by atoms with Crippen molar-refractivity contribution in [1.82, 2.24) is 15.1 Å². The molecule has 1 aliphatic rings. The minimum Gasteiger partial charge on any atom is -0.494 e. The minimum absolute atomic E-state index is 0.0976. The topological polar surface area (TPSA) is 61.9 Å². The number of hydrogen-bond donors (Lipinski definition) is 1. The Hall–Kier alpha value is -2.15. The van der Waals surface area contributed by atoms with Gasteiger partial charge in [0.15, 0.2) is 11.6 Å². The van der Waals surface area contributed by atoms with E-state index >= 15 is 0 Å². The number of carbonyl (C=O) groups excluding carboxylic acids is 2. The van der Waals surface area contributed by atoms with Crippen molar-refractivity contribution in [2.75, 3.05) is 47.4 Å². The molecular weight excluding hydrogens is 301 g/mol. The summed E-state index contributed by atoms with van der Waals surface area (Å²) in [4.78, 5) is 28.2. The molecule has 7 heteroatoms. The molecule has 1 unspecified atom stereocenters. The van der Waals surface area contributed by atoms with Crippen LogP contribution < -0.4 is 10.1 Å². The largest absolute Gasteiger partial charge is 0.494 e. The fraction of sp³-hybridized carbons (Fsp3) is 0.500. The highest BCUT2D eigenvalue weighted by Gasteiger charge is 2.29. The molecule has 1 aromatic carbocycles. The van der Waals surface area contributed by atoms with Gasteiger partial charge in [-0.1, -0.05) is 0 Å². The molecule has 6 nitrogen and oxygen atoms in total. The van der Waals surface area contributed by atoms with E-state index in [1.807, 2.05) is 11.9 Å². The second kappa shape index (κ2) is 7.41. The zero-order valence-corrected chi connectivity index (χ0v) is 13.6. The minimum atomic E-state index is -0.576. The highest BCUT2D eigenvalue weighted by molar-refractivity contribution is 5.94. The van der Waals surface area contributed by atoms with Gasteiger partial charge < -0.3 is 19.9 Å². The molecule has 23 heavy (non-hydrogen) atoms. The highest BCUT2D eigenvalue weighted by Crippen LogP contribution is 2.20. The van der Waals surface area contributed by atoms with Crippen LogP contribution >= 0.6 is 0 Å². The van der Waals surface area contributed by atoms with Crippen LogP contribution in [-0.4, -0.2) is 69.0 Å². The van der Waals surface area contributed by atoms with Gasteiger partial charge >= 0.3 is 0 Å². The maximum atomic E-state index is 13.8. The Bertz CT molecular complexity index is 594. The quantitative estimate of drug-likeness (QED) is 0.884. The molecule has 0 aliphatic carbocycles. The number of amides is 2. The predicted octanol–water partition coefficient (Wildman–Crippen LogP) is 0.584. The van der Waals surface area contributed by atoms with Crippen LogP contribution in [0.3, 0.4) is 0 Å². The molecular formula is C16H22FN3O3. The molecule has 1 aliphatic heterocycles. The number of halogens is 1. The average Bonchev–Trinajstić information content (AvgIpc) is 2.75. The monoisotopic (exact) mass is 323 g/mol. The number of benzene rings is 1. The van der Waals surface area contributed by atoms with E-state index in [9.17, 15) is 14.0 Å². The Morgan fingerprint density at radius 1 is 1.30 bits per heavy atom. The molecule has 2 rings (SSSR count). The lowest BCUT2D eigenvalue weighted by Gasteiger charge is -2.23. The molecule has 126 valence electrons. The van der Waals surface area contributed by atoms with E-state index in [2.05, 4.69) is 5.32 Å². The number of methoxy groups -OCH3 is 1. The highest BCUT2D eigenvalue weighted by atomic mass is 19.1. The van der Waals surface area contributed by atoms with E-state index in [-0.39, 0.29) is 29.0 Å². The second-order valence-electron chi connectivity index (χ2n) is 5.67. The van der Waals surface area contributed by atoms with Crippen molar-refractivity contribution in [1.29, 1.82) is 0 Å². The van der Waals surface area contributed by atoms with Gasteiger partial charge in [0.25, 0.3) is 5.91 Å². The summed E-state index contributed by atoms with van der Waals surface area (Å²) >= 11 is 0. The van der Waals surface area contributed by atoms with Gasteiger partial charge in [-0.25, -0.2) is 4.39 Å². The van der Waals surface area contributed by atoms with Crippen molar-refractivity contribution in [3.8, 4) is 5.75 Å². The van der Waals surface area contributed by atoms with Crippen molar-refractivity contribution < 1.29 is 18.7 Å². The van der Waals surface area contributed by atoms with Gasteiger partial charge in [-0.15, -0.1) is 0 Å². The van der Waals surface area contributed by atoms with Crippen LogP contribution in [0.1, 0.15) is 10.4 Å². The first-order valence-corrected chi connectivity index (χ1v) is 7.49. The molecule has 1 aromatic rings. The summed E-state index contributed by atoms with van der Waals surface area (Å²) in [6, 6.07) is 4.14. The van der Waals surface area contributed by atoms with Crippen molar-refractivity contribution >= 4 is 11.8 Å². The number of ether oxygens (including phenoxy) is 1. The third-order valence-electron chi connectivity index (χ3n) is 4.03. The lowest BCUT2D eigenvalue weighted by Crippen LogP contribution is -2.41. The molecule has 1 heterocycles. The molecule has 1 atom stereocenters. The van der Waals surface area contributed by atoms with E-state index in [4.69, 9.17) is 4.74 Å². The van der Waals surface area contributed by atoms with Gasteiger partial charge in [-0.2, -0.15) is 0 Å². The Kier molecular flexibility index (Phi) is 5.54. The van der Waals surface area contributed by atoms with Crippen LogP contribution in [0.5, 0.6) is 5.75 Å². The van der Waals surface area contributed by atoms with Crippen LogP contribution in [0.2, 0.25) is 0 Å². The maximum absolute atomic E-state index is 13.8. The summed E-state index contributed by atoms with van der Waals surface area (Å²) in [5.74, 6) is -1.17. The van der Waals surface area contributed by atoms with Gasteiger partial charge in [0.1, 0.15) is 0 Å². The number of rotatable bonds is 3. The molecule has 0 saturated carbocycles. The SMILES string of the molecule is CNC(=O)C1CN(C)CCN(C(=O)c2ccc(OC)c(F)c2)C1. The Morgan fingerprint density at radius 3 is 2.65 bits per heavy atom. The number of nitrogens with zero attached hydrogens (tertiary/aromatic N) is 2. The summed E-state index contributed by atoms with van der Waals surface area (Å²) in [5.41, 5.74) is 0.253. The predicted molar refractivity (Wildman–Crippen MR) is 83.9 cm³/mol. The molecule has 1 saturated heterocycles. The smallest absolute Gasteiger partial charge is 0.254 e. The lowest BCUT2D eigenvalue weighted by atomic mass is 10.1. The average molecular weight is 323 g/mol. The van der Waals surface area contributed by atoms with E-state index in [1.54, 1.807) is 11.9 Å². The molecule has 0 bridgehead atoms. The first kappa shape index (κ1) is 17.2. The summed E-state index contributed by atoms with van der Waals surface area (Å²) < 4.78 is 18.7. The van der Waals surface area contributed by atoms with E-state index in [0.29, 0.717) is 26.2 Å². The summed E-state index contributed by atoms with van der Waals surface area (Å²) in [6.45, 7) is 2.06. The van der Waals surface area contributed by atoms with Crippen LogP contribution in [-0.2, 0) is 4.79 Å². The zero-order chi connectivity index (χ0) is 17.0. The summed E-state index contributed by atoms with van der Waals surface area (Å²) in [7, 11) is 4.87. The Balaban J connectivity index is 2.19. The van der Waals surface area contributed by atoms with Crippen LogP contribution in [0, 0.1) is 11.7 Å². The number of likely N-dealkylation sites (N-methyl/N-ethyl adjacent to an activating group) is 1. The van der Waals surface area contributed by atoms with Gasteiger partial charge in [0, 0.05) is 38.8 Å². The van der Waals surface area contributed by atoms with Gasteiger partial charge in [-0.05, 0) is 25.2 Å². The standard InChI is InChI=1S/C16H22FN3O3/c1-18-15(21)12-9-19(2)6-7-20(10-12)16(22)11-4-5-14(23-3)13(17)8-11/h4-5,8,12H,6-7,9-10H2,1-3H3,(H,18,21). The Morgan fingerprint density at radius 2 is 2.04 bits per heavy atom. The fourth-order valence-corrected chi connectivity index (χ4v) is 2.71. The van der Waals surface area contributed by atoms with Crippen LogP contribution in [0.15, 0.2) is 18.2 Å². The first-order chi connectivity index (χ1) is 11.0. The molecule has 1 N–H and O–H groups in total. The zero-order valence-electron chi connectivity index (χ0n) is 13.6. The summed E-state index contributed by atoms with van der Waals surface area (Å²) in [6.07, 6.45) is 0.